The van der Waals surface area contributed by atoms with Crippen LogP contribution < -0.4 is 0 Å². The van der Waals surface area contributed by atoms with Crippen LogP contribution in [-0.2, 0) is 11.3 Å². The normalized spacial score (nSPS) is 15.6. The first kappa shape index (κ1) is 36.2. The van der Waals surface area contributed by atoms with Crippen molar-refractivity contribution in [1.82, 2.24) is 19.4 Å². The van der Waals surface area contributed by atoms with E-state index >= 15 is 0 Å². The number of hydrogen-bond donors (Lipinski definition) is 1. The molecular weight excluding hydrogens is 639 g/mol. The van der Waals surface area contributed by atoms with Crippen LogP contribution in [0.4, 0.5) is 4.39 Å². The molecule has 3 aromatic carbocycles. The third-order valence-electron chi connectivity index (χ3n) is 10.8. The molecule has 1 saturated carbocycles. The van der Waals surface area contributed by atoms with E-state index in [1.165, 1.54) is 42.0 Å². The minimum Gasteiger partial charge on any atom is -0.478 e. The van der Waals surface area contributed by atoms with Gasteiger partial charge in [0.2, 0.25) is 5.91 Å². The van der Waals surface area contributed by atoms with Crippen molar-refractivity contribution in [3.05, 3.63) is 89.2 Å². The number of piperazine rings is 1. The van der Waals surface area contributed by atoms with Gasteiger partial charge in [-0.1, -0.05) is 70.4 Å². The summed E-state index contributed by atoms with van der Waals surface area (Å²) in [7, 11) is 0. The van der Waals surface area contributed by atoms with Gasteiger partial charge in [0.05, 0.1) is 22.5 Å². The molecule has 268 valence electrons. The second kappa shape index (κ2) is 16.2. The number of nitrogens with zero attached hydrogens (tertiary/aromatic N) is 4. The van der Waals surface area contributed by atoms with Crippen molar-refractivity contribution >= 4 is 33.7 Å². The van der Waals surface area contributed by atoms with Gasteiger partial charge in [0.25, 0.3) is 0 Å². The molecule has 1 aliphatic carbocycles. The summed E-state index contributed by atoms with van der Waals surface area (Å²) in [5.41, 5.74) is 8.13. The number of rotatable bonds is 8. The molecule has 0 spiro atoms. The maximum absolute atomic E-state index is 14.5. The molecule has 0 bridgehead atoms. The number of hydrogen-bond acceptors (Lipinski definition) is 4. The molecule has 1 aliphatic heterocycles. The lowest BCUT2D eigenvalue weighted by Gasteiger charge is -2.33. The van der Waals surface area contributed by atoms with Gasteiger partial charge in [-0.05, 0) is 86.2 Å². The van der Waals surface area contributed by atoms with Crippen molar-refractivity contribution < 1.29 is 19.1 Å². The molecule has 0 radical (unpaired) electrons. The summed E-state index contributed by atoms with van der Waals surface area (Å²) in [6, 6.07) is 20.5. The molecule has 1 saturated heterocycles. The molecule has 2 aromatic heterocycles. The number of benzene rings is 3. The standard InChI is InChI=1S/C34H33FN2O2.C9H18N2O/c1-3-19-37-31-20-23(34(38)39)13-14-27(31)32(22-9-5-4-6-10-22)33(37)25-16-18-29-24(21(25)2)15-17-30(36-29)26-11-7-8-12-28(26)35;1-3-9(12)11-7-5-10(4-2)6-8-11/h7-8,11-18,20,22H,3-6,9-10,19H2,1-2H3,(H,38,39);3-8H2,1-2H3. The van der Waals surface area contributed by atoms with E-state index in [4.69, 9.17) is 4.98 Å². The molecule has 1 N–H and O–H groups in total. The van der Waals surface area contributed by atoms with Gasteiger partial charge in [-0.2, -0.15) is 0 Å². The molecule has 5 aromatic rings. The van der Waals surface area contributed by atoms with Crippen LogP contribution in [0, 0.1) is 12.7 Å². The van der Waals surface area contributed by atoms with E-state index in [1.54, 1.807) is 18.2 Å². The molecule has 0 atom stereocenters. The van der Waals surface area contributed by atoms with Crippen LogP contribution in [0.2, 0.25) is 0 Å². The van der Waals surface area contributed by atoms with Gasteiger partial charge in [0.1, 0.15) is 5.82 Å². The van der Waals surface area contributed by atoms with E-state index < -0.39 is 5.97 Å². The maximum atomic E-state index is 14.5. The summed E-state index contributed by atoms with van der Waals surface area (Å²) >= 11 is 0. The number of aromatic nitrogens is 2. The highest BCUT2D eigenvalue weighted by Gasteiger charge is 2.28. The summed E-state index contributed by atoms with van der Waals surface area (Å²) in [4.78, 5) is 32.3. The van der Waals surface area contributed by atoms with E-state index in [1.807, 2.05) is 42.2 Å². The Morgan fingerprint density at radius 3 is 2.25 bits per heavy atom. The lowest BCUT2D eigenvalue weighted by atomic mass is 9.81. The Morgan fingerprint density at radius 1 is 0.863 bits per heavy atom. The molecule has 8 heteroatoms. The summed E-state index contributed by atoms with van der Waals surface area (Å²) in [5, 5.41) is 12.0. The minimum absolute atomic E-state index is 0.278. The molecular formula is C43H51FN4O3. The van der Waals surface area contributed by atoms with Gasteiger partial charge in [-0.25, -0.2) is 14.2 Å². The number of fused-ring (bicyclic) bond motifs is 2. The molecule has 51 heavy (non-hydrogen) atoms. The predicted octanol–water partition coefficient (Wildman–Crippen LogP) is 9.69. The highest BCUT2D eigenvalue weighted by atomic mass is 19.1. The monoisotopic (exact) mass is 690 g/mol. The van der Waals surface area contributed by atoms with Gasteiger partial charge in [-0.15, -0.1) is 0 Å². The fourth-order valence-corrected chi connectivity index (χ4v) is 8.02. The number of carboxylic acids is 1. The van der Waals surface area contributed by atoms with Crippen LogP contribution in [0.25, 0.3) is 44.3 Å². The summed E-state index contributed by atoms with van der Waals surface area (Å²) in [6.07, 6.45) is 7.60. The average Bonchev–Trinajstić information content (AvgIpc) is 3.48. The van der Waals surface area contributed by atoms with Gasteiger partial charge < -0.3 is 19.5 Å². The van der Waals surface area contributed by atoms with Gasteiger partial charge in [-0.3, -0.25) is 4.79 Å². The highest BCUT2D eigenvalue weighted by Crippen LogP contribution is 2.46. The maximum Gasteiger partial charge on any atom is 0.335 e. The van der Waals surface area contributed by atoms with E-state index in [-0.39, 0.29) is 5.82 Å². The Balaban J connectivity index is 0.000000318. The zero-order valence-electron chi connectivity index (χ0n) is 30.6. The predicted molar refractivity (Wildman–Crippen MR) is 205 cm³/mol. The van der Waals surface area contributed by atoms with Gasteiger partial charge >= 0.3 is 5.97 Å². The number of carbonyl (C=O) groups excluding carboxylic acids is 1. The molecule has 1 amide bonds. The van der Waals surface area contributed by atoms with Crippen LogP contribution in [-0.4, -0.2) is 69.1 Å². The Morgan fingerprint density at radius 2 is 1.59 bits per heavy atom. The number of aryl methyl sites for hydroxylation is 2. The first-order valence-corrected chi connectivity index (χ1v) is 18.8. The largest absolute Gasteiger partial charge is 0.478 e. The Labute approximate surface area is 301 Å². The van der Waals surface area contributed by atoms with Crippen LogP contribution in [0.5, 0.6) is 0 Å². The lowest BCUT2D eigenvalue weighted by molar-refractivity contribution is -0.132. The van der Waals surface area contributed by atoms with Crippen LogP contribution in [0.15, 0.2) is 66.7 Å². The van der Waals surface area contributed by atoms with Crippen molar-refractivity contribution in [3.63, 3.8) is 0 Å². The third kappa shape index (κ3) is 7.57. The summed E-state index contributed by atoms with van der Waals surface area (Å²) in [5.74, 6) is -0.437. The first-order chi connectivity index (χ1) is 24.7. The van der Waals surface area contributed by atoms with E-state index in [0.717, 1.165) is 86.1 Å². The smallest absolute Gasteiger partial charge is 0.335 e. The summed E-state index contributed by atoms with van der Waals surface area (Å²) in [6.45, 7) is 14.2. The molecule has 3 heterocycles. The number of halogens is 1. The van der Waals surface area contributed by atoms with Crippen molar-refractivity contribution in [2.24, 2.45) is 0 Å². The van der Waals surface area contributed by atoms with Crippen LogP contribution >= 0.6 is 0 Å². The Hall–Kier alpha value is -4.56. The SMILES string of the molecule is CCC(=O)N1CCN(CC)CC1.CCCn1c(-c2ccc3nc(-c4ccccc4F)ccc3c2C)c(C2CCCCC2)c2ccc(C(=O)O)cc21. The van der Waals surface area contributed by atoms with Crippen LogP contribution in [0.3, 0.4) is 0 Å². The van der Waals surface area contributed by atoms with E-state index in [0.29, 0.717) is 35.1 Å². The van der Waals surface area contributed by atoms with Crippen LogP contribution in [0.1, 0.15) is 93.1 Å². The van der Waals surface area contributed by atoms with Gasteiger partial charge in [0, 0.05) is 66.6 Å². The summed E-state index contributed by atoms with van der Waals surface area (Å²) < 4.78 is 16.8. The average molecular weight is 691 g/mol. The van der Waals surface area contributed by atoms with Crippen molar-refractivity contribution in [1.29, 1.82) is 0 Å². The molecule has 7 rings (SSSR count). The number of pyridine rings is 1. The van der Waals surface area contributed by atoms with Crippen molar-refractivity contribution in [3.8, 4) is 22.5 Å². The topological polar surface area (TPSA) is 78.7 Å². The second-order valence-corrected chi connectivity index (χ2v) is 13.9. The fraction of sp³-hybridized carbons (Fsp3) is 0.419. The number of amides is 1. The number of carboxylic acid groups (broad SMARTS) is 1. The first-order valence-electron chi connectivity index (χ1n) is 18.8. The van der Waals surface area contributed by atoms with Gasteiger partial charge in [0.15, 0.2) is 0 Å². The highest BCUT2D eigenvalue weighted by molar-refractivity contribution is 6.00. The van der Waals surface area contributed by atoms with E-state index in [2.05, 4.69) is 42.4 Å². The molecule has 2 fully saturated rings. The number of likely N-dealkylation sites (N-methyl/N-ethyl adjacent to an activating group) is 1. The molecule has 7 nitrogen and oxygen atoms in total. The Bertz CT molecular complexity index is 2020. The quantitative estimate of drug-likeness (QED) is 0.175. The number of aromatic carboxylic acids is 1. The third-order valence-corrected chi connectivity index (χ3v) is 10.8. The number of carbonyl (C=O) groups is 2. The Kier molecular flexibility index (Phi) is 11.5. The molecule has 0 unspecified atom stereocenters. The fourth-order valence-electron chi connectivity index (χ4n) is 8.02. The minimum atomic E-state index is -0.902. The second-order valence-electron chi connectivity index (χ2n) is 13.9. The molecule has 2 aliphatic rings. The zero-order valence-corrected chi connectivity index (χ0v) is 30.6. The van der Waals surface area contributed by atoms with E-state index in [9.17, 15) is 19.1 Å². The zero-order chi connectivity index (χ0) is 36.1. The van der Waals surface area contributed by atoms with Crippen molar-refractivity contribution in [2.45, 2.75) is 85.1 Å². The van der Waals surface area contributed by atoms with Crippen molar-refractivity contribution in [2.75, 3.05) is 32.7 Å². The lowest BCUT2D eigenvalue weighted by Crippen LogP contribution is -2.48.